The van der Waals surface area contributed by atoms with Crippen molar-refractivity contribution in [1.29, 1.82) is 0 Å². The predicted molar refractivity (Wildman–Crippen MR) is 107 cm³/mol. The van der Waals surface area contributed by atoms with Gasteiger partial charge in [0.1, 0.15) is 0 Å². The number of benzene rings is 2. The molecule has 29 heavy (non-hydrogen) atoms. The molecule has 2 atom stereocenters. The van der Waals surface area contributed by atoms with E-state index in [1.165, 1.54) is 0 Å². The van der Waals surface area contributed by atoms with Crippen LogP contribution in [0.25, 0.3) is 11.1 Å². The summed E-state index contributed by atoms with van der Waals surface area (Å²) >= 11 is 6.02. The molecule has 0 heterocycles. The van der Waals surface area contributed by atoms with E-state index in [-0.39, 0.29) is 19.3 Å². The molecule has 0 aromatic heterocycles. The first-order valence-corrected chi connectivity index (χ1v) is 9.30. The number of esters is 1. The maximum Gasteiger partial charge on any atom is 0.336 e. The van der Waals surface area contributed by atoms with E-state index in [0.29, 0.717) is 5.02 Å². The number of nitrogens with one attached hydrogen (secondary N) is 1. The van der Waals surface area contributed by atoms with Crippen LogP contribution in [0.15, 0.2) is 48.5 Å². The summed E-state index contributed by atoms with van der Waals surface area (Å²) < 4.78 is 4.55. The first-order chi connectivity index (χ1) is 13.8. The summed E-state index contributed by atoms with van der Waals surface area (Å²) in [6.45, 7) is 0. The number of halogens is 1. The van der Waals surface area contributed by atoms with Gasteiger partial charge in [0.15, 0.2) is 6.10 Å². The number of amides is 1. The highest BCUT2D eigenvalue weighted by Gasteiger charge is 2.28. The number of aliphatic hydroxyl groups is 1. The first kappa shape index (κ1) is 22.4. The number of carboxylic acid groups (broad SMARTS) is 1. The van der Waals surface area contributed by atoms with E-state index in [1.54, 1.807) is 6.07 Å². The fourth-order valence-corrected chi connectivity index (χ4v) is 2.97. The lowest BCUT2D eigenvalue weighted by molar-refractivity contribution is -0.152. The predicted octanol–water partition coefficient (Wildman–Crippen LogP) is 2.43. The standard InChI is InChI=1S/C21H22ClNO6/c1-29-21(28)20(27)17(23-18(24)9-10-19(25)26)11-13-5-7-14(8-6-13)15-3-2-4-16(22)12-15/h2-8,12,17,20,27H,9-11H2,1H3,(H,23,24)(H,25,26)/t17-,20+/m1/s1. The van der Waals surface area contributed by atoms with Crippen molar-refractivity contribution in [1.82, 2.24) is 5.32 Å². The topological polar surface area (TPSA) is 113 Å². The summed E-state index contributed by atoms with van der Waals surface area (Å²) in [5.74, 6) is -2.57. The zero-order valence-electron chi connectivity index (χ0n) is 15.8. The van der Waals surface area contributed by atoms with Gasteiger partial charge < -0.3 is 20.3 Å². The largest absolute Gasteiger partial charge is 0.481 e. The van der Waals surface area contributed by atoms with Crippen molar-refractivity contribution in [3.05, 3.63) is 59.1 Å². The average molecular weight is 420 g/mol. The summed E-state index contributed by atoms with van der Waals surface area (Å²) in [4.78, 5) is 34.3. The minimum atomic E-state index is -1.58. The molecule has 2 aromatic carbocycles. The molecule has 0 spiro atoms. The number of aliphatic hydroxyl groups excluding tert-OH is 1. The fourth-order valence-electron chi connectivity index (χ4n) is 2.78. The molecule has 0 aliphatic carbocycles. The van der Waals surface area contributed by atoms with Crippen molar-refractivity contribution in [2.45, 2.75) is 31.4 Å². The molecular formula is C21H22ClNO6. The van der Waals surface area contributed by atoms with Crippen molar-refractivity contribution in [3.8, 4) is 11.1 Å². The molecule has 0 saturated heterocycles. The van der Waals surface area contributed by atoms with Crippen LogP contribution in [0.5, 0.6) is 0 Å². The van der Waals surface area contributed by atoms with Gasteiger partial charge in [-0.2, -0.15) is 0 Å². The van der Waals surface area contributed by atoms with Crippen molar-refractivity contribution < 1.29 is 29.3 Å². The molecule has 0 aliphatic heterocycles. The minimum Gasteiger partial charge on any atom is -0.481 e. The number of methoxy groups -OCH3 is 1. The van der Waals surface area contributed by atoms with E-state index in [0.717, 1.165) is 23.8 Å². The van der Waals surface area contributed by atoms with Crippen LogP contribution in [-0.2, 0) is 25.5 Å². The van der Waals surface area contributed by atoms with Crippen LogP contribution in [-0.4, -0.2) is 47.3 Å². The second-order valence-electron chi connectivity index (χ2n) is 6.45. The summed E-state index contributed by atoms with van der Waals surface area (Å²) in [6, 6.07) is 13.8. The lowest BCUT2D eigenvalue weighted by atomic mass is 9.98. The van der Waals surface area contributed by atoms with Gasteiger partial charge in [-0.3, -0.25) is 9.59 Å². The van der Waals surface area contributed by atoms with Crippen LogP contribution >= 0.6 is 11.6 Å². The van der Waals surface area contributed by atoms with Gasteiger partial charge in [0.2, 0.25) is 5.91 Å². The normalized spacial score (nSPS) is 12.7. The van der Waals surface area contributed by atoms with E-state index in [9.17, 15) is 19.5 Å². The number of carbonyl (C=O) groups excluding carboxylic acids is 2. The molecule has 0 fully saturated rings. The van der Waals surface area contributed by atoms with Crippen LogP contribution in [0.4, 0.5) is 0 Å². The highest BCUT2D eigenvalue weighted by molar-refractivity contribution is 6.30. The molecule has 2 rings (SSSR count). The number of hydrogen-bond acceptors (Lipinski definition) is 5. The minimum absolute atomic E-state index is 0.158. The zero-order valence-corrected chi connectivity index (χ0v) is 16.6. The molecular weight excluding hydrogens is 398 g/mol. The molecule has 1 amide bonds. The van der Waals surface area contributed by atoms with Crippen molar-refractivity contribution in [2.75, 3.05) is 7.11 Å². The second-order valence-corrected chi connectivity index (χ2v) is 6.88. The summed E-state index contributed by atoms with van der Waals surface area (Å²) in [7, 11) is 1.13. The quantitative estimate of drug-likeness (QED) is 0.538. The van der Waals surface area contributed by atoms with Crippen LogP contribution in [0.3, 0.4) is 0 Å². The first-order valence-electron chi connectivity index (χ1n) is 8.92. The molecule has 0 radical (unpaired) electrons. The Bertz CT molecular complexity index is 868. The number of carboxylic acids is 1. The van der Waals surface area contributed by atoms with E-state index >= 15 is 0 Å². The SMILES string of the molecule is COC(=O)[C@@H](O)[C@@H](Cc1ccc(-c2cccc(Cl)c2)cc1)NC(=O)CCC(=O)O. The molecule has 0 aliphatic rings. The molecule has 0 saturated carbocycles. The molecule has 154 valence electrons. The Morgan fingerprint density at radius 2 is 1.76 bits per heavy atom. The third-order valence-electron chi connectivity index (χ3n) is 4.30. The number of rotatable bonds is 9. The van der Waals surface area contributed by atoms with Crippen molar-refractivity contribution in [3.63, 3.8) is 0 Å². The maximum atomic E-state index is 12.0. The smallest absolute Gasteiger partial charge is 0.336 e. The van der Waals surface area contributed by atoms with Crippen LogP contribution < -0.4 is 5.32 Å². The molecule has 2 aromatic rings. The van der Waals surface area contributed by atoms with Crippen LogP contribution in [0.2, 0.25) is 5.02 Å². The summed E-state index contributed by atoms with van der Waals surface area (Å²) in [6.07, 6.45) is -2.03. The Morgan fingerprint density at radius 3 is 2.34 bits per heavy atom. The van der Waals surface area contributed by atoms with Crippen LogP contribution in [0, 0.1) is 0 Å². The summed E-state index contributed by atoms with van der Waals surface area (Å²) in [5, 5.41) is 22.0. The van der Waals surface area contributed by atoms with Gasteiger partial charge in [0.05, 0.1) is 19.6 Å². The average Bonchev–Trinajstić information content (AvgIpc) is 2.71. The van der Waals surface area contributed by atoms with Gasteiger partial charge in [-0.15, -0.1) is 0 Å². The van der Waals surface area contributed by atoms with E-state index < -0.39 is 30.0 Å². The van der Waals surface area contributed by atoms with Gasteiger partial charge in [-0.1, -0.05) is 48.0 Å². The monoisotopic (exact) mass is 419 g/mol. The Morgan fingerprint density at radius 1 is 1.07 bits per heavy atom. The van der Waals surface area contributed by atoms with Gasteiger partial charge in [-0.05, 0) is 35.2 Å². The van der Waals surface area contributed by atoms with Crippen molar-refractivity contribution >= 4 is 29.4 Å². The molecule has 3 N–H and O–H groups in total. The Balaban J connectivity index is 2.13. The third-order valence-corrected chi connectivity index (χ3v) is 4.54. The van der Waals surface area contributed by atoms with Gasteiger partial charge in [-0.25, -0.2) is 4.79 Å². The van der Waals surface area contributed by atoms with E-state index in [2.05, 4.69) is 10.1 Å². The van der Waals surface area contributed by atoms with Crippen LogP contribution in [0.1, 0.15) is 18.4 Å². The molecule has 0 bridgehead atoms. The molecule has 0 unspecified atom stereocenters. The van der Waals surface area contributed by atoms with E-state index in [4.69, 9.17) is 16.7 Å². The maximum absolute atomic E-state index is 12.0. The van der Waals surface area contributed by atoms with Gasteiger partial charge in [0, 0.05) is 11.4 Å². The number of hydrogen-bond donors (Lipinski definition) is 3. The van der Waals surface area contributed by atoms with Gasteiger partial charge in [0.25, 0.3) is 0 Å². The lowest BCUT2D eigenvalue weighted by Crippen LogP contribution is -2.48. The second kappa shape index (κ2) is 10.6. The van der Waals surface area contributed by atoms with E-state index in [1.807, 2.05) is 42.5 Å². The molecule has 7 nitrogen and oxygen atoms in total. The zero-order chi connectivity index (χ0) is 21.4. The Kier molecular flexibility index (Phi) is 8.18. The van der Waals surface area contributed by atoms with Crippen molar-refractivity contribution in [2.24, 2.45) is 0 Å². The number of aliphatic carboxylic acids is 1. The highest BCUT2D eigenvalue weighted by Crippen LogP contribution is 2.23. The number of ether oxygens (including phenoxy) is 1. The third kappa shape index (κ3) is 6.89. The highest BCUT2D eigenvalue weighted by atomic mass is 35.5. The number of carbonyl (C=O) groups is 3. The van der Waals surface area contributed by atoms with Gasteiger partial charge >= 0.3 is 11.9 Å². The lowest BCUT2D eigenvalue weighted by Gasteiger charge is -2.22. The Hall–Kier alpha value is -2.90. The Labute approximate surface area is 173 Å². The summed E-state index contributed by atoms with van der Waals surface area (Å²) in [5.41, 5.74) is 2.64. The fraction of sp³-hybridized carbons (Fsp3) is 0.286. The molecule has 8 heteroatoms.